The predicted molar refractivity (Wildman–Crippen MR) is 58.4 cm³/mol. The zero-order valence-electron chi connectivity index (χ0n) is 9.22. The van der Waals surface area contributed by atoms with Crippen molar-refractivity contribution < 1.29 is 15.0 Å². The van der Waals surface area contributed by atoms with E-state index < -0.39 is 0 Å². The molecule has 1 unspecified atom stereocenters. The van der Waals surface area contributed by atoms with E-state index in [-0.39, 0.29) is 31.0 Å². The maximum Gasteiger partial charge on any atom is 0.291 e. The monoisotopic (exact) mass is 226 g/mol. The van der Waals surface area contributed by atoms with Gasteiger partial charge in [0.1, 0.15) is 6.17 Å². The van der Waals surface area contributed by atoms with E-state index in [2.05, 4.69) is 5.32 Å². The third-order valence-corrected chi connectivity index (χ3v) is 3.39. The lowest BCUT2D eigenvalue weighted by atomic mass is 10.0. The van der Waals surface area contributed by atoms with Crippen molar-refractivity contribution in [3.63, 3.8) is 0 Å². The van der Waals surface area contributed by atoms with Crippen molar-refractivity contribution in [3.8, 4) is 0 Å². The van der Waals surface area contributed by atoms with Crippen LogP contribution in [-0.4, -0.2) is 40.3 Å². The SMILES string of the molecule is O=C1C(O)=CNC(C2CCCC2)N1CCO. The normalized spacial score (nSPS) is 26.8. The van der Waals surface area contributed by atoms with E-state index in [1.165, 1.54) is 23.9 Å². The van der Waals surface area contributed by atoms with Gasteiger partial charge < -0.3 is 20.4 Å². The van der Waals surface area contributed by atoms with E-state index in [9.17, 15) is 9.90 Å². The zero-order chi connectivity index (χ0) is 11.5. The minimum absolute atomic E-state index is 0.0713. The van der Waals surface area contributed by atoms with Gasteiger partial charge in [-0.3, -0.25) is 4.79 Å². The highest BCUT2D eigenvalue weighted by Gasteiger charge is 2.35. The van der Waals surface area contributed by atoms with Gasteiger partial charge in [0.15, 0.2) is 5.76 Å². The van der Waals surface area contributed by atoms with Crippen molar-refractivity contribution in [2.75, 3.05) is 13.2 Å². The first-order valence-electron chi connectivity index (χ1n) is 5.81. The number of nitrogens with one attached hydrogen (secondary N) is 1. The summed E-state index contributed by atoms with van der Waals surface area (Å²) in [6.45, 7) is 0.189. The van der Waals surface area contributed by atoms with Gasteiger partial charge in [0.05, 0.1) is 6.61 Å². The number of nitrogens with zero attached hydrogens (tertiary/aromatic N) is 1. The fourth-order valence-corrected chi connectivity index (χ4v) is 2.60. The maximum atomic E-state index is 11.7. The van der Waals surface area contributed by atoms with E-state index in [4.69, 9.17) is 5.11 Å². The van der Waals surface area contributed by atoms with Gasteiger partial charge in [-0.1, -0.05) is 12.8 Å². The lowest BCUT2D eigenvalue weighted by molar-refractivity contribution is -0.136. The second-order valence-electron chi connectivity index (χ2n) is 4.41. The van der Waals surface area contributed by atoms with Crippen molar-refractivity contribution in [2.24, 2.45) is 5.92 Å². The highest BCUT2D eigenvalue weighted by atomic mass is 16.3. The first-order valence-corrected chi connectivity index (χ1v) is 5.81. The van der Waals surface area contributed by atoms with Crippen LogP contribution in [0.1, 0.15) is 25.7 Å². The molecule has 1 heterocycles. The van der Waals surface area contributed by atoms with Gasteiger partial charge in [-0.05, 0) is 18.8 Å². The molecule has 0 bridgehead atoms. The van der Waals surface area contributed by atoms with E-state index in [0.717, 1.165) is 12.8 Å². The van der Waals surface area contributed by atoms with E-state index in [0.29, 0.717) is 5.92 Å². The highest BCUT2D eigenvalue weighted by Crippen LogP contribution is 2.30. The van der Waals surface area contributed by atoms with Gasteiger partial charge in [-0.2, -0.15) is 0 Å². The van der Waals surface area contributed by atoms with Gasteiger partial charge in [0.2, 0.25) is 0 Å². The van der Waals surface area contributed by atoms with Crippen LogP contribution in [0.5, 0.6) is 0 Å². The summed E-state index contributed by atoms with van der Waals surface area (Å²) in [5.41, 5.74) is 0. The average molecular weight is 226 g/mol. The average Bonchev–Trinajstić information content (AvgIpc) is 2.79. The van der Waals surface area contributed by atoms with Crippen molar-refractivity contribution in [2.45, 2.75) is 31.8 Å². The van der Waals surface area contributed by atoms with Gasteiger partial charge in [0, 0.05) is 12.7 Å². The molecule has 1 atom stereocenters. The zero-order valence-corrected chi connectivity index (χ0v) is 9.22. The number of β-amino-alcohol motifs (C(OH)–C–C–N with tert-alkyl or cyclic N) is 1. The van der Waals surface area contributed by atoms with Crippen molar-refractivity contribution in [1.29, 1.82) is 0 Å². The maximum absolute atomic E-state index is 11.7. The van der Waals surface area contributed by atoms with Crippen LogP contribution >= 0.6 is 0 Å². The van der Waals surface area contributed by atoms with Crippen molar-refractivity contribution >= 4 is 5.91 Å². The topological polar surface area (TPSA) is 72.8 Å². The number of amides is 1. The fourth-order valence-electron chi connectivity index (χ4n) is 2.60. The molecule has 1 fully saturated rings. The molecule has 1 aliphatic heterocycles. The number of carbonyl (C=O) groups excluding carboxylic acids is 1. The lowest BCUT2D eigenvalue weighted by Gasteiger charge is -2.37. The molecule has 0 aromatic carbocycles. The Bertz CT molecular complexity index is 298. The van der Waals surface area contributed by atoms with Crippen LogP contribution in [0.25, 0.3) is 0 Å². The Labute approximate surface area is 94.7 Å². The number of aliphatic hydroxyl groups excluding tert-OH is 2. The molecular formula is C11H18N2O3. The van der Waals surface area contributed by atoms with Crippen LogP contribution in [0.4, 0.5) is 0 Å². The Morgan fingerprint density at radius 1 is 1.44 bits per heavy atom. The standard InChI is InChI=1S/C11H18N2O3/c14-6-5-13-10(8-3-1-2-4-8)12-7-9(15)11(13)16/h7-8,10,12,14-15H,1-6H2. The van der Waals surface area contributed by atoms with Gasteiger partial charge in [-0.15, -0.1) is 0 Å². The second kappa shape index (κ2) is 4.74. The number of hydrogen-bond acceptors (Lipinski definition) is 4. The van der Waals surface area contributed by atoms with Crippen LogP contribution in [0.3, 0.4) is 0 Å². The molecule has 2 aliphatic rings. The van der Waals surface area contributed by atoms with Crippen LogP contribution in [0, 0.1) is 5.92 Å². The molecule has 1 amide bonds. The minimum atomic E-state index is -0.385. The van der Waals surface area contributed by atoms with Gasteiger partial charge in [0.25, 0.3) is 5.91 Å². The van der Waals surface area contributed by atoms with Gasteiger partial charge in [-0.25, -0.2) is 0 Å². The summed E-state index contributed by atoms with van der Waals surface area (Å²) in [6, 6.07) is 0. The molecule has 5 heteroatoms. The van der Waals surface area contributed by atoms with E-state index in [1.54, 1.807) is 0 Å². The molecular weight excluding hydrogens is 208 g/mol. The van der Waals surface area contributed by atoms with Crippen LogP contribution < -0.4 is 5.32 Å². The summed E-state index contributed by atoms with van der Waals surface area (Å²) in [5.74, 6) is -0.229. The largest absolute Gasteiger partial charge is 0.502 e. The molecule has 1 saturated carbocycles. The number of aliphatic hydroxyl groups is 2. The Balaban J connectivity index is 2.12. The minimum Gasteiger partial charge on any atom is -0.502 e. The smallest absolute Gasteiger partial charge is 0.291 e. The summed E-state index contributed by atoms with van der Waals surface area (Å²) in [4.78, 5) is 13.3. The molecule has 2 rings (SSSR count). The lowest BCUT2D eigenvalue weighted by Crippen LogP contribution is -2.55. The third-order valence-electron chi connectivity index (χ3n) is 3.39. The molecule has 0 aromatic heterocycles. The summed E-state index contributed by atoms with van der Waals surface area (Å²) < 4.78 is 0. The Morgan fingerprint density at radius 3 is 2.75 bits per heavy atom. The van der Waals surface area contributed by atoms with E-state index in [1.807, 2.05) is 0 Å². The van der Waals surface area contributed by atoms with Crippen molar-refractivity contribution in [1.82, 2.24) is 10.2 Å². The fraction of sp³-hybridized carbons (Fsp3) is 0.727. The summed E-state index contributed by atoms with van der Waals surface area (Å²) in [7, 11) is 0. The molecule has 0 saturated heterocycles. The highest BCUT2D eigenvalue weighted by molar-refractivity contribution is 5.91. The first-order chi connectivity index (χ1) is 7.74. The first kappa shape index (κ1) is 11.3. The summed E-state index contributed by atoms with van der Waals surface area (Å²) in [5, 5.41) is 21.4. The second-order valence-corrected chi connectivity index (χ2v) is 4.41. The number of hydrogen-bond donors (Lipinski definition) is 3. The van der Waals surface area contributed by atoms with Crippen LogP contribution in [0.2, 0.25) is 0 Å². The molecule has 90 valence electrons. The molecule has 0 spiro atoms. The molecule has 16 heavy (non-hydrogen) atoms. The number of rotatable bonds is 3. The summed E-state index contributed by atoms with van der Waals surface area (Å²) >= 11 is 0. The molecule has 1 aliphatic carbocycles. The van der Waals surface area contributed by atoms with Crippen LogP contribution in [0.15, 0.2) is 12.0 Å². The van der Waals surface area contributed by atoms with Crippen molar-refractivity contribution in [3.05, 3.63) is 12.0 Å². The Kier molecular flexibility index (Phi) is 3.33. The van der Waals surface area contributed by atoms with Gasteiger partial charge >= 0.3 is 0 Å². The third kappa shape index (κ3) is 2.00. The molecule has 0 radical (unpaired) electrons. The number of carbonyl (C=O) groups is 1. The predicted octanol–water partition coefficient (Wildman–Crippen LogP) is 0.326. The molecule has 0 aromatic rings. The molecule has 3 N–H and O–H groups in total. The Hall–Kier alpha value is -1.23. The summed E-state index contributed by atoms with van der Waals surface area (Å²) in [6.07, 6.45) is 5.89. The van der Waals surface area contributed by atoms with E-state index >= 15 is 0 Å². The quantitative estimate of drug-likeness (QED) is 0.648. The van der Waals surface area contributed by atoms with Crippen LogP contribution in [-0.2, 0) is 4.79 Å². The molecule has 5 nitrogen and oxygen atoms in total. The Morgan fingerprint density at radius 2 is 2.12 bits per heavy atom.